The maximum atomic E-state index is 10.3. The van der Waals surface area contributed by atoms with Crippen LogP contribution in [0.25, 0.3) is 0 Å². The zero-order chi connectivity index (χ0) is 9.68. The van der Waals surface area contributed by atoms with Crippen LogP contribution in [0.15, 0.2) is 10.9 Å². The normalized spacial score (nSPS) is 12.7. The lowest BCUT2D eigenvalue weighted by Crippen LogP contribution is -2.28. The molecule has 0 aliphatic heterocycles. The van der Waals surface area contributed by atoms with Crippen molar-refractivity contribution in [3.05, 3.63) is 12.2 Å². The molecule has 1 rings (SSSR count). The van der Waals surface area contributed by atoms with E-state index in [1.165, 1.54) is 6.39 Å². The standard InChI is InChI=1S/C7H11N3O3/c1-5(2-7(11)12)8-3-6-9-4-13-10-6/h4-5,8H,2-3H2,1H3,(H,11,12). The molecule has 6 nitrogen and oxygen atoms in total. The smallest absolute Gasteiger partial charge is 0.304 e. The summed E-state index contributed by atoms with van der Waals surface area (Å²) in [6.07, 6.45) is 1.32. The molecule has 1 aromatic heterocycles. The van der Waals surface area contributed by atoms with E-state index in [4.69, 9.17) is 5.11 Å². The number of nitrogens with zero attached hydrogens (tertiary/aromatic N) is 2. The molecular formula is C7H11N3O3. The van der Waals surface area contributed by atoms with Crippen LogP contribution in [0.1, 0.15) is 19.2 Å². The molecular weight excluding hydrogens is 174 g/mol. The topological polar surface area (TPSA) is 88.2 Å². The SMILES string of the molecule is CC(CC(=O)O)NCc1ncon1. The van der Waals surface area contributed by atoms with Gasteiger partial charge in [-0.05, 0) is 6.92 Å². The van der Waals surface area contributed by atoms with Gasteiger partial charge in [-0.1, -0.05) is 5.16 Å². The van der Waals surface area contributed by atoms with Crippen LogP contribution in [-0.4, -0.2) is 27.3 Å². The molecule has 0 spiro atoms. The first-order valence-corrected chi connectivity index (χ1v) is 3.89. The summed E-state index contributed by atoms with van der Waals surface area (Å²) in [6.45, 7) is 2.21. The van der Waals surface area contributed by atoms with Crippen LogP contribution in [0.5, 0.6) is 0 Å². The van der Waals surface area contributed by atoms with Crippen LogP contribution in [-0.2, 0) is 11.3 Å². The Morgan fingerprint density at radius 1 is 1.85 bits per heavy atom. The summed E-state index contributed by atoms with van der Waals surface area (Å²) < 4.78 is 4.51. The van der Waals surface area contributed by atoms with Crippen LogP contribution in [0.3, 0.4) is 0 Å². The van der Waals surface area contributed by atoms with E-state index >= 15 is 0 Å². The van der Waals surface area contributed by atoms with Crippen LogP contribution < -0.4 is 5.32 Å². The Morgan fingerprint density at radius 3 is 3.15 bits per heavy atom. The molecule has 0 saturated heterocycles. The molecule has 0 aromatic carbocycles. The summed E-state index contributed by atoms with van der Waals surface area (Å²) in [6, 6.07) is -0.101. The summed E-state index contributed by atoms with van der Waals surface area (Å²) in [5, 5.41) is 15.0. The van der Waals surface area contributed by atoms with Crippen LogP contribution in [0.4, 0.5) is 0 Å². The average Bonchev–Trinajstić information content (AvgIpc) is 2.51. The van der Waals surface area contributed by atoms with Gasteiger partial charge in [-0.2, -0.15) is 4.98 Å². The summed E-state index contributed by atoms with van der Waals surface area (Å²) in [5.41, 5.74) is 0. The highest BCUT2D eigenvalue weighted by atomic mass is 16.5. The van der Waals surface area contributed by atoms with Crippen molar-refractivity contribution in [2.75, 3.05) is 0 Å². The van der Waals surface area contributed by atoms with Gasteiger partial charge in [-0.15, -0.1) is 0 Å². The molecule has 0 fully saturated rings. The predicted molar refractivity (Wildman–Crippen MR) is 42.9 cm³/mol. The molecule has 0 aliphatic carbocycles. The molecule has 13 heavy (non-hydrogen) atoms. The molecule has 0 radical (unpaired) electrons. The molecule has 0 saturated carbocycles. The fraction of sp³-hybridized carbons (Fsp3) is 0.571. The van der Waals surface area contributed by atoms with Crippen molar-refractivity contribution in [3.8, 4) is 0 Å². The highest BCUT2D eigenvalue weighted by Gasteiger charge is 2.07. The Hall–Kier alpha value is -1.43. The zero-order valence-corrected chi connectivity index (χ0v) is 7.23. The predicted octanol–water partition coefficient (Wildman–Crippen LogP) is 0.0224. The number of aliphatic carboxylic acids is 1. The van der Waals surface area contributed by atoms with Crippen LogP contribution >= 0.6 is 0 Å². The summed E-state index contributed by atoms with van der Waals surface area (Å²) in [4.78, 5) is 14.1. The molecule has 0 amide bonds. The number of carbonyl (C=O) groups is 1. The van der Waals surface area contributed by atoms with E-state index < -0.39 is 5.97 Å². The van der Waals surface area contributed by atoms with E-state index in [-0.39, 0.29) is 12.5 Å². The van der Waals surface area contributed by atoms with Crippen molar-refractivity contribution >= 4 is 5.97 Å². The average molecular weight is 185 g/mol. The minimum absolute atomic E-state index is 0.0812. The summed E-state index contributed by atoms with van der Waals surface area (Å²) in [5.74, 6) is -0.301. The fourth-order valence-electron chi connectivity index (χ4n) is 0.870. The number of hydrogen-bond acceptors (Lipinski definition) is 5. The van der Waals surface area contributed by atoms with Gasteiger partial charge in [0.15, 0.2) is 5.82 Å². The first-order chi connectivity index (χ1) is 6.18. The second-order valence-electron chi connectivity index (χ2n) is 2.73. The molecule has 0 bridgehead atoms. The van der Waals surface area contributed by atoms with Gasteiger partial charge in [0.1, 0.15) is 0 Å². The van der Waals surface area contributed by atoms with E-state index in [1.807, 2.05) is 0 Å². The third-order valence-electron chi connectivity index (χ3n) is 1.50. The highest BCUT2D eigenvalue weighted by Crippen LogP contribution is 1.93. The Labute approximate surface area is 74.9 Å². The number of rotatable bonds is 5. The molecule has 6 heteroatoms. The quantitative estimate of drug-likeness (QED) is 0.672. The van der Waals surface area contributed by atoms with Crippen LogP contribution in [0, 0.1) is 0 Å². The largest absolute Gasteiger partial charge is 0.481 e. The second-order valence-corrected chi connectivity index (χ2v) is 2.73. The monoisotopic (exact) mass is 185 g/mol. The number of hydrogen-bond donors (Lipinski definition) is 2. The number of carboxylic acid groups (broad SMARTS) is 1. The van der Waals surface area contributed by atoms with E-state index in [0.717, 1.165) is 0 Å². The number of nitrogens with one attached hydrogen (secondary N) is 1. The van der Waals surface area contributed by atoms with Crippen molar-refractivity contribution < 1.29 is 14.4 Å². The number of aromatic nitrogens is 2. The van der Waals surface area contributed by atoms with Crippen molar-refractivity contribution in [1.82, 2.24) is 15.5 Å². The molecule has 1 aromatic rings. The molecule has 1 unspecified atom stereocenters. The summed E-state index contributed by atoms with van der Waals surface area (Å²) in [7, 11) is 0. The highest BCUT2D eigenvalue weighted by molar-refractivity contribution is 5.67. The Morgan fingerprint density at radius 2 is 2.62 bits per heavy atom. The van der Waals surface area contributed by atoms with E-state index in [9.17, 15) is 4.79 Å². The minimum atomic E-state index is -0.826. The second kappa shape index (κ2) is 4.56. The maximum Gasteiger partial charge on any atom is 0.304 e. The molecule has 1 heterocycles. The van der Waals surface area contributed by atoms with E-state index in [2.05, 4.69) is 20.0 Å². The summed E-state index contributed by atoms with van der Waals surface area (Å²) >= 11 is 0. The van der Waals surface area contributed by atoms with Crippen LogP contribution in [0.2, 0.25) is 0 Å². The van der Waals surface area contributed by atoms with Crippen molar-refractivity contribution in [3.63, 3.8) is 0 Å². The van der Waals surface area contributed by atoms with Gasteiger partial charge in [0, 0.05) is 6.04 Å². The van der Waals surface area contributed by atoms with Gasteiger partial charge in [-0.3, -0.25) is 4.79 Å². The lowest BCUT2D eigenvalue weighted by molar-refractivity contribution is -0.137. The number of carboxylic acids is 1. The maximum absolute atomic E-state index is 10.3. The van der Waals surface area contributed by atoms with Gasteiger partial charge in [0.25, 0.3) is 0 Å². The Bertz CT molecular complexity index is 260. The third-order valence-corrected chi connectivity index (χ3v) is 1.50. The third kappa shape index (κ3) is 3.66. The van der Waals surface area contributed by atoms with Gasteiger partial charge < -0.3 is 14.9 Å². The first kappa shape index (κ1) is 9.66. The van der Waals surface area contributed by atoms with Crippen molar-refractivity contribution in [2.24, 2.45) is 0 Å². The van der Waals surface area contributed by atoms with E-state index in [0.29, 0.717) is 12.4 Å². The lowest BCUT2D eigenvalue weighted by Gasteiger charge is -2.08. The molecule has 0 aliphatic rings. The zero-order valence-electron chi connectivity index (χ0n) is 7.23. The van der Waals surface area contributed by atoms with Crippen molar-refractivity contribution in [1.29, 1.82) is 0 Å². The van der Waals surface area contributed by atoms with Gasteiger partial charge in [-0.25, -0.2) is 0 Å². The Balaban J connectivity index is 2.22. The molecule has 1 atom stereocenters. The Kier molecular flexibility index (Phi) is 3.39. The minimum Gasteiger partial charge on any atom is -0.481 e. The molecule has 72 valence electrons. The van der Waals surface area contributed by atoms with E-state index in [1.54, 1.807) is 6.92 Å². The van der Waals surface area contributed by atoms with Gasteiger partial charge in [0.05, 0.1) is 13.0 Å². The van der Waals surface area contributed by atoms with Gasteiger partial charge >= 0.3 is 5.97 Å². The van der Waals surface area contributed by atoms with Crippen molar-refractivity contribution in [2.45, 2.75) is 25.9 Å². The lowest BCUT2D eigenvalue weighted by atomic mass is 10.2. The molecule has 2 N–H and O–H groups in total. The first-order valence-electron chi connectivity index (χ1n) is 3.89. The van der Waals surface area contributed by atoms with Gasteiger partial charge in [0.2, 0.25) is 6.39 Å². The fourth-order valence-corrected chi connectivity index (χ4v) is 0.870.